The zero-order valence-electron chi connectivity index (χ0n) is 16.1. The van der Waals surface area contributed by atoms with Gasteiger partial charge in [-0.15, -0.1) is 0 Å². The predicted molar refractivity (Wildman–Crippen MR) is 101 cm³/mol. The largest absolute Gasteiger partial charge is 0.481 e. The third-order valence-electron chi connectivity index (χ3n) is 3.81. The van der Waals surface area contributed by atoms with Gasteiger partial charge in [0.2, 0.25) is 11.8 Å². The van der Waals surface area contributed by atoms with E-state index in [-0.39, 0.29) is 25.3 Å². The molecular formula is C16H30N6O6. The monoisotopic (exact) mass is 402 g/mol. The molecule has 3 atom stereocenters. The minimum Gasteiger partial charge on any atom is -0.481 e. The summed E-state index contributed by atoms with van der Waals surface area (Å²) < 4.78 is 0. The Bertz CT molecular complexity index is 590. The molecule has 12 nitrogen and oxygen atoms in total. The molecule has 0 aromatic heterocycles. The maximum atomic E-state index is 12.4. The number of nitrogens with zero attached hydrogens (tertiary/aromatic N) is 1. The van der Waals surface area contributed by atoms with Crippen LogP contribution in [0.3, 0.4) is 0 Å². The van der Waals surface area contributed by atoms with Gasteiger partial charge in [0.1, 0.15) is 12.1 Å². The fourth-order valence-corrected chi connectivity index (χ4v) is 2.23. The Morgan fingerprint density at radius 3 is 2.07 bits per heavy atom. The fourth-order valence-electron chi connectivity index (χ4n) is 2.23. The number of amides is 2. The van der Waals surface area contributed by atoms with Crippen molar-refractivity contribution in [3.8, 4) is 0 Å². The van der Waals surface area contributed by atoms with Gasteiger partial charge in [0.05, 0.1) is 6.04 Å². The average molecular weight is 402 g/mol. The fraction of sp³-hybridized carbons (Fsp3) is 0.688. The van der Waals surface area contributed by atoms with Crippen molar-refractivity contribution >= 4 is 29.7 Å². The van der Waals surface area contributed by atoms with Gasteiger partial charge in [0, 0.05) is 13.0 Å². The maximum Gasteiger partial charge on any atom is 0.326 e. The van der Waals surface area contributed by atoms with Crippen LogP contribution in [0.2, 0.25) is 0 Å². The first-order chi connectivity index (χ1) is 13.0. The van der Waals surface area contributed by atoms with Gasteiger partial charge in [-0.3, -0.25) is 19.4 Å². The second-order valence-electron chi connectivity index (χ2n) is 6.62. The van der Waals surface area contributed by atoms with Crippen molar-refractivity contribution in [2.75, 3.05) is 6.54 Å². The zero-order chi connectivity index (χ0) is 21.9. The molecule has 0 aromatic carbocycles. The molecule has 0 heterocycles. The van der Waals surface area contributed by atoms with Crippen LogP contribution < -0.4 is 27.8 Å². The van der Waals surface area contributed by atoms with E-state index in [2.05, 4.69) is 15.6 Å². The molecule has 160 valence electrons. The topological polar surface area (TPSA) is 223 Å². The maximum absolute atomic E-state index is 12.4. The van der Waals surface area contributed by atoms with Crippen molar-refractivity contribution < 1.29 is 29.4 Å². The molecule has 0 rings (SSSR count). The molecule has 12 heteroatoms. The van der Waals surface area contributed by atoms with Gasteiger partial charge in [-0.1, -0.05) is 13.8 Å². The first-order valence-electron chi connectivity index (χ1n) is 8.82. The zero-order valence-corrected chi connectivity index (χ0v) is 16.1. The number of nitrogens with two attached hydrogens (primary N) is 3. The van der Waals surface area contributed by atoms with E-state index < -0.39 is 54.2 Å². The van der Waals surface area contributed by atoms with Crippen LogP contribution in [-0.4, -0.2) is 64.6 Å². The van der Waals surface area contributed by atoms with E-state index in [4.69, 9.17) is 22.3 Å². The summed E-state index contributed by atoms with van der Waals surface area (Å²) in [5.41, 5.74) is 16.2. The summed E-state index contributed by atoms with van der Waals surface area (Å²) >= 11 is 0. The number of carbonyl (C=O) groups excluding carboxylic acids is 2. The highest BCUT2D eigenvalue weighted by atomic mass is 16.4. The van der Waals surface area contributed by atoms with Crippen molar-refractivity contribution in [1.82, 2.24) is 10.6 Å². The molecule has 0 saturated carbocycles. The van der Waals surface area contributed by atoms with E-state index >= 15 is 0 Å². The smallest absolute Gasteiger partial charge is 0.326 e. The number of aliphatic imine (C=N–C) groups is 1. The summed E-state index contributed by atoms with van der Waals surface area (Å²) in [7, 11) is 0. The Morgan fingerprint density at radius 2 is 1.61 bits per heavy atom. The SMILES string of the molecule is CC(C)[C@H](NC(=O)[C@H](CCC(=O)O)NC(=O)[C@@H](N)CCCN=C(N)N)C(=O)O. The molecule has 0 radical (unpaired) electrons. The predicted octanol–water partition coefficient (Wildman–Crippen LogP) is -2.06. The second kappa shape index (κ2) is 12.5. The lowest BCUT2D eigenvalue weighted by Gasteiger charge is -2.24. The molecule has 10 N–H and O–H groups in total. The molecule has 2 amide bonds. The summed E-state index contributed by atoms with van der Waals surface area (Å²) in [6, 6.07) is -3.37. The highest BCUT2D eigenvalue weighted by molar-refractivity contribution is 5.92. The summed E-state index contributed by atoms with van der Waals surface area (Å²) in [4.78, 5) is 50.4. The molecule has 0 bridgehead atoms. The van der Waals surface area contributed by atoms with Gasteiger partial charge in [0.25, 0.3) is 0 Å². The molecular weight excluding hydrogens is 372 g/mol. The van der Waals surface area contributed by atoms with Crippen molar-refractivity contribution in [2.24, 2.45) is 28.1 Å². The van der Waals surface area contributed by atoms with Crippen molar-refractivity contribution in [3.05, 3.63) is 0 Å². The minimum atomic E-state index is -1.23. The van der Waals surface area contributed by atoms with Crippen LogP contribution in [0.25, 0.3) is 0 Å². The van der Waals surface area contributed by atoms with Crippen LogP contribution in [0.4, 0.5) is 0 Å². The lowest BCUT2D eigenvalue weighted by molar-refractivity contribution is -0.144. The Kier molecular flexibility index (Phi) is 11.2. The summed E-state index contributed by atoms with van der Waals surface area (Å²) in [6.45, 7) is 3.49. The molecule has 28 heavy (non-hydrogen) atoms. The van der Waals surface area contributed by atoms with E-state index in [0.717, 1.165) is 0 Å². The summed E-state index contributed by atoms with van der Waals surface area (Å²) in [5.74, 6) is -4.33. The number of aliphatic carboxylic acids is 2. The summed E-state index contributed by atoms with van der Waals surface area (Å²) in [5, 5.41) is 22.7. The number of hydrogen-bond donors (Lipinski definition) is 7. The van der Waals surface area contributed by atoms with Crippen molar-refractivity contribution in [3.63, 3.8) is 0 Å². The quantitative estimate of drug-likeness (QED) is 0.102. The number of carboxylic acid groups (broad SMARTS) is 2. The molecule has 0 aliphatic heterocycles. The molecule has 0 aliphatic rings. The van der Waals surface area contributed by atoms with Gasteiger partial charge >= 0.3 is 11.9 Å². The number of nitrogens with one attached hydrogen (secondary N) is 2. The van der Waals surface area contributed by atoms with E-state index in [9.17, 15) is 24.3 Å². The van der Waals surface area contributed by atoms with Crippen LogP contribution in [0.1, 0.15) is 39.5 Å². The lowest BCUT2D eigenvalue weighted by atomic mass is 10.0. The molecule has 0 fully saturated rings. The van der Waals surface area contributed by atoms with E-state index in [1.54, 1.807) is 13.8 Å². The Labute approximate surface area is 162 Å². The minimum absolute atomic E-state index is 0.0819. The van der Waals surface area contributed by atoms with E-state index in [1.807, 2.05) is 0 Å². The number of carbonyl (C=O) groups is 4. The standard InChI is InChI=1S/C16H30N6O6/c1-8(2)12(15(27)28)22-14(26)10(5-6-11(23)24)21-13(25)9(17)4-3-7-20-16(18)19/h8-10,12H,3-7,17H2,1-2H3,(H,21,25)(H,22,26)(H,23,24)(H,27,28)(H4,18,19,20)/t9-,10-,12-/m0/s1. The highest BCUT2D eigenvalue weighted by Crippen LogP contribution is 2.06. The number of rotatable bonds is 13. The van der Waals surface area contributed by atoms with E-state index in [1.165, 1.54) is 0 Å². The van der Waals surface area contributed by atoms with Crippen LogP contribution in [0.15, 0.2) is 4.99 Å². The summed E-state index contributed by atoms with van der Waals surface area (Å²) in [6.07, 6.45) is 0.0577. The Hall–Kier alpha value is -2.89. The highest BCUT2D eigenvalue weighted by Gasteiger charge is 2.29. The van der Waals surface area contributed by atoms with Gasteiger partial charge in [-0.2, -0.15) is 0 Å². The van der Waals surface area contributed by atoms with Crippen molar-refractivity contribution in [2.45, 2.75) is 57.7 Å². The lowest BCUT2D eigenvalue weighted by Crippen LogP contribution is -2.55. The Balaban J connectivity index is 4.96. The third kappa shape index (κ3) is 10.3. The first-order valence-corrected chi connectivity index (χ1v) is 8.82. The normalized spacial score (nSPS) is 13.9. The van der Waals surface area contributed by atoms with Crippen LogP contribution in [-0.2, 0) is 19.2 Å². The number of hydrogen-bond acceptors (Lipinski definition) is 6. The average Bonchev–Trinajstić information content (AvgIpc) is 2.58. The first kappa shape index (κ1) is 25.1. The molecule has 0 spiro atoms. The molecule has 0 unspecified atom stereocenters. The van der Waals surface area contributed by atoms with Crippen molar-refractivity contribution in [1.29, 1.82) is 0 Å². The molecule has 0 aromatic rings. The van der Waals surface area contributed by atoms with Gasteiger partial charge in [-0.25, -0.2) is 4.79 Å². The van der Waals surface area contributed by atoms with Gasteiger partial charge in [0.15, 0.2) is 5.96 Å². The number of carboxylic acids is 2. The van der Waals surface area contributed by atoms with Gasteiger partial charge < -0.3 is 38.0 Å². The van der Waals surface area contributed by atoms with Gasteiger partial charge in [-0.05, 0) is 25.2 Å². The Morgan fingerprint density at radius 1 is 1.00 bits per heavy atom. The second-order valence-corrected chi connectivity index (χ2v) is 6.62. The molecule has 0 aliphatic carbocycles. The van der Waals surface area contributed by atoms with Crippen LogP contribution in [0, 0.1) is 5.92 Å². The third-order valence-corrected chi connectivity index (χ3v) is 3.81. The van der Waals surface area contributed by atoms with Crippen LogP contribution >= 0.6 is 0 Å². The molecule has 0 saturated heterocycles. The van der Waals surface area contributed by atoms with Crippen LogP contribution in [0.5, 0.6) is 0 Å². The number of guanidine groups is 1. The van der Waals surface area contributed by atoms with E-state index in [0.29, 0.717) is 6.42 Å².